The van der Waals surface area contributed by atoms with E-state index in [1.165, 1.54) is 28.5 Å². The predicted octanol–water partition coefficient (Wildman–Crippen LogP) is 1.66. The van der Waals surface area contributed by atoms with Crippen molar-refractivity contribution in [3.05, 3.63) is 17.8 Å². The fraction of sp³-hybridized carbons (Fsp3) is 0.583. The zero-order valence-corrected chi connectivity index (χ0v) is 10.4. The molecule has 0 saturated carbocycles. The minimum Gasteiger partial charge on any atom is -0.350 e. The van der Waals surface area contributed by atoms with Crippen molar-refractivity contribution in [3.8, 4) is 0 Å². The lowest BCUT2D eigenvalue weighted by Gasteiger charge is -2.36. The Morgan fingerprint density at radius 2 is 2.50 bits per heavy atom. The standard InChI is InChI=1S/C12H17N3S/c1-9-6-11-12(14-7-9)15-4-3-13-8-10(15)2-5-16-11/h6-7,10,13H,2-5,8H2,1H3/t10-/m1/s1. The van der Waals surface area contributed by atoms with Crippen LogP contribution in [0.2, 0.25) is 0 Å². The van der Waals surface area contributed by atoms with Gasteiger partial charge < -0.3 is 10.2 Å². The number of hydrogen-bond acceptors (Lipinski definition) is 4. The van der Waals surface area contributed by atoms with Crippen LogP contribution in [0.3, 0.4) is 0 Å². The minimum atomic E-state index is 0.637. The molecule has 3 rings (SSSR count). The molecule has 16 heavy (non-hydrogen) atoms. The third kappa shape index (κ3) is 1.80. The number of thioether (sulfide) groups is 1. The van der Waals surface area contributed by atoms with Gasteiger partial charge >= 0.3 is 0 Å². The predicted molar refractivity (Wildman–Crippen MR) is 68.3 cm³/mol. The Bertz CT molecular complexity index is 394. The SMILES string of the molecule is Cc1cnc2c(c1)SCC[C@@H]1CNCCN21. The molecule has 1 fully saturated rings. The molecular formula is C12H17N3S. The largest absolute Gasteiger partial charge is 0.350 e. The van der Waals surface area contributed by atoms with Crippen LogP contribution < -0.4 is 10.2 Å². The maximum atomic E-state index is 4.64. The summed E-state index contributed by atoms with van der Waals surface area (Å²) in [4.78, 5) is 8.50. The lowest BCUT2D eigenvalue weighted by molar-refractivity contribution is 0.465. The Balaban J connectivity index is 2.00. The molecule has 1 aromatic heterocycles. The van der Waals surface area contributed by atoms with Crippen LogP contribution in [-0.2, 0) is 0 Å². The molecule has 0 aliphatic carbocycles. The van der Waals surface area contributed by atoms with E-state index in [0.29, 0.717) is 6.04 Å². The maximum Gasteiger partial charge on any atom is 0.142 e. The molecule has 0 aromatic carbocycles. The van der Waals surface area contributed by atoms with Crippen molar-refractivity contribution in [1.82, 2.24) is 10.3 Å². The molecule has 1 atom stereocenters. The van der Waals surface area contributed by atoms with Crippen LogP contribution in [0.4, 0.5) is 5.82 Å². The highest BCUT2D eigenvalue weighted by Crippen LogP contribution is 2.35. The van der Waals surface area contributed by atoms with E-state index in [4.69, 9.17) is 0 Å². The average Bonchev–Trinajstić information content (AvgIpc) is 2.47. The Kier molecular flexibility index (Phi) is 2.77. The summed E-state index contributed by atoms with van der Waals surface area (Å²) in [5, 5.41) is 3.48. The summed E-state index contributed by atoms with van der Waals surface area (Å²) in [5.41, 5.74) is 1.26. The van der Waals surface area contributed by atoms with Gasteiger partial charge in [0.05, 0.1) is 4.90 Å². The molecule has 2 aliphatic rings. The molecule has 4 heteroatoms. The molecule has 0 radical (unpaired) electrons. The van der Waals surface area contributed by atoms with Crippen LogP contribution in [0.15, 0.2) is 17.2 Å². The van der Waals surface area contributed by atoms with Crippen LogP contribution in [0.25, 0.3) is 0 Å². The normalized spacial score (nSPS) is 24.6. The molecule has 2 aliphatic heterocycles. The minimum absolute atomic E-state index is 0.637. The molecule has 0 amide bonds. The average molecular weight is 235 g/mol. The van der Waals surface area contributed by atoms with Gasteiger partial charge in [0.25, 0.3) is 0 Å². The zero-order chi connectivity index (χ0) is 11.0. The molecule has 0 unspecified atom stereocenters. The van der Waals surface area contributed by atoms with Crippen LogP contribution in [0.5, 0.6) is 0 Å². The van der Waals surface area contributed by atoms with E-state index >= 15 is 0 Å². The number of nitrogens with one attached hydrogen (secondary N) is 1. The number of nitrogens with zero attached hydrogens (tertiary/aromatic N) is 2. The van der Waals surface area contributed by atoms with Crippen LogP contribution in [0, 0.1) is 6.92 Å². The molecular weight excluding hydrogens is 218 g/mol. The molecule has 1 aromatic rings. The van der Waals surface area contributed by atoms with Crippen molar-refractivity contribution in [2.75, 3.05) is 30.3 Å². The second-order valence-corrected chi connectivity index (χ2v) is 5.66. The van der Waals surface area contributed by atoms with Gasteiger partial charge in [0.15, 0.2) is 0 Å². The van der Waals surface area contributed by atoms with E-state index in [9.17, 15) is 0 Å². The summed E-state index contributed by atoms with van der Waals surface area (Å²) in [6.07, 6.45) is 3.25. The first-order chi connectivity index (χ1) is 7.84. The molecule has 3 nitrogen and oxygen atoms in total. The lowest BCUT2D eigenvalue weighted by atomic mass is 10.1. The number of rotatable bonds is 0. The number of fused-ring (bicyclic) bond motifs is 3. The third-order valence-corrected chi connectivity index (χ3v) is 4.35. The zero-order valence-electron chi connectivity index (χ0n) is 9.57. The van der Waals surface area contributed by atoms with Gasteiger partial charge in [0.1, 0.15) is 5.82 Å². The van der Waals surface area contributed by atoms with Crippen molar-refractivity contribution < 1.29 is 0 Å². The Morgan fingerprint density at radius 3 is 3.44 bits per heavy atom. The number of aromatic nitrogens is 1. The van der Waals surface area contributed by atoms with Gasteiger partial charge in [-0.1, -0.05) is 0 Å². The van der Waals surface area contributed by atoms with Crippen molar-refractivity contribution in [1.29, 1.82) is 0 Å². The van der Waals surface area contributed by atoms with Crippen molar-refractivity contribution >= 4 is 17.6 Å². The van der Waals surface area contributed by atoms with Crippen LogP contribution in [-0.4, -0.2) is 36.4 Å². The number of aryl methyl sites for hydroxylation is 1. The number of pyridine rings is 1. The van der Waals surface area contributed by atoms with E-state index in [0.717, 1.165) is 19.6 Å². The highest BCUT2D eigenvalue weighted by molar-refractivity contribution is 7.99. The number of hydrogen-bond donors (Lipinski definition) is 1. The fourth-order valence-corrected chi connectivity index (χ4v) is 3.64. The first kappa shape index (κ1) is 10.4. The topological polar surface area (TPSA) is 28.2 Å². The molecule has 1 N–H and O–H groups in total. The Hall–Kier alpha value is -0.740. The third-order valence-electron chi connectivity index (χ3n) is 3.30. The van der Waals surface area contributed by atoms with E-state index in [2.05, 4.69) is 28.2 Å². The smallest absolute Gasteiger partial charge is 0.142 e. The maximum absolute atomic E-state index is 4.64. The van der Waals surface area contributed by atoms with Crippen molar-refractivity contribution in [2.45, 2.75) is 24.3 Å². The molecule has 3 heterocycles. The first-order valence-electron chi connectivity index (χ1n) is 5.91. The van der Waals surface area contributed by atoms with Crippen LogP contribution in [0.1, 0.15) is 12.0 Å². The highest BCUT2D eigenvalue weighted by atomic mass is 32.2. The summed E-state index contributed by atoms with van der Waals surface area (Å²) in [6, 6.07) is 2.91. The lowest BCUT2D eigenvalue weighted by Crippen LogP contribution is -2.51. The molecule has 86 valence electrons. The summed E-state index contributed by atoms with van der Waals surface area (Å²) in [7, 11) is 0. The summed E-state index contributed by atoms with van der Waals surface area (Å²) < 4.78 is 0. The van der Waals surface area contributed by atoms with Gasteiger partial charge in [0.2, 0.25) is 0 Å². The van der Waals surface area contributed by atoms with E-state index < -0.39 is 0 Å². The van der Waals surface area contributed by atoms with Crippen molar-refractivity contribution in [3.63, 3.8) is 0 Å². The van der Waals surface area contributed by atoms with Gasteiger partial charge in [-0.3, -0.25) is 0 Å². The Morgan fingerprint density at radius 1 is 1.56 bits per heavy atom. The molecule has 0 spiro atoms. The second kappa shape index (κ2) is 4.26. The highest BCUT2D eigenvalue weighted by Gasteiger charge is 2.27. The summed E-state index contributed by atoms with van der Waals surface area (Å²) >= 11 is 1.96. The fourth-order valence-electron chi connectivity index (χ4n) is 2.46. The van der Waals surface area contributed by atoms with Gasteiger partial charge in [-0.25, -0.2) is 4.98 Å². The quantitative estimate of drug-likeness (QED) is 0.740. The number of anilines is 1. The van der Waals surface area contributed by atoms with Crippen molar-refractivity contribution in [2.24, 2.45) is 0 Å². The Labute approximate surface area is 101 Å². The van der Waals surface area contributed by atoms with Gasteiger partial charge in [-0.15, -0.1) is 11.8 Å². The van der Waals surface area contributed by atoms with Crippen LogP contribution >= 0.6 is 11.8 Å². The summed E-state index contributed by atoms with van der Waals surface area (Å²) in [5.74, 6) is 2.42. The van der Waals surface area contributed by atoms with E-state index in [1.54, 1.807) is 0 Å². The van der Waals surface area contributed by atoms with Gasteiger partial charge in [-0.2, -0.15) is 0 Å². The van der Waals surface area contributed by atoms with Gasteiger partial charge in [-0.05, 0) is 25.0 Å². The summed E-state index contributed by atoms with van der Waals surface area (Å²) in [6.45, 7) is 5.40. The van der Waals surface area contributed by atoms with Gasteiger partial charge in [0, 0.05) is 37.6 Å². The first-order valence-corrected chi connectivity index (χ1v) is 6.90. The second-order valence-electron chi connectivity index (χ2n) is 4.52. The van der Waals surface area contributed by atoms with E-state index in [-0.39, 0.29) is 0 Å². The molecule has 0 bridgehead atoms. The monoisotopic (exact) mass is 235 g/mol. The number of piperazine rings is 1. The van der Waals surface area contributed by atoms with E-state index in [1.807, 2.05) is 18.0 Å². The molecule has 1 saturated heterocycles.